The van der Waals surface area contributed by atoms with Gasteiger partial charge in [0.1, 0.15) is 0 Å². The van der Waals surface area contributed by atoms with E-state index in [2.05, 4.69) is 25.2 Å². The minimum Gasteiger partial charge on any atom is -0.370 e. The van der Waals surface area contributed by atoms with Gasteiger partial charge in [0.15, 0.2) is 0 Å². The van der Waals surface area contributed by atoms with E-state index in [4.69, 9.17) is 4.74 Å². The van der Waals surface area contributed by atoms with Crippen molar-refractivity contribution in [2.75, 3.05) is 0 Å². The first kappa shape index (κ1) is 9.65. The summed E-state index contributed by atoms with van der Waals surface area (Å²) >= 11 is 0. The molecule has 0 aromatic carbocycles. The second-order valence-electron chi connectivity index (χ2n) is 5.17. The van der Waals surface area contributed by atoms with Crippen LogP contribution in [0.3, 0.4) is 0 Å². The summed E-state index contributed by atoms with van der Waals surface area (Å²) in [4.78, 5) is 0. The third kappa shape index (κ3) is 1.78. The van der Waals surface area contributed by atoms with Crippen LogP contribution in [0.4, 0.5) is 0 Å². The summed E-state index contributed by atoms with van der Waals surface area (Å²) in [5.41, 5.74) is 1.67. The molecule has 0 N–H and O–H groups in total. The van der Waals surface area contributed by atoms with Gasteiger partial charge in [-0.1, -0.05) is 30.7 Å². The maximum absolute atomic E-state index is 5.63. The molecule has 2 aliphatic carbocycles. The third-order valence-corrected chi connectivity index (χ3v) is 4.33. The van der Waals surface area contributed by atoms with Crippen molar-refractivity contribution in [2.24, 2.45) is 11.8 Å². The summed E-state index contributed by atoms with van der Waals surface area (Å²) in [5.74, 6) is 1.72. The van der Waals surface area contributed by atoms with Crippen molar-refractivity contribution in [2.45, 2.75) is 51.2 Å². The van der Waals surface area contributed by atoms with Crippen LogP contribution in [0.1, 0.15) is 39.0 Å². The molecule has 0 radical (unpaired) electrons. The Morgan fingerprint density at radius 2 is 2.33 bits per heavy atom. The van der Waals surface area contributed by atoms with Gasteiger partial charge in [-0.15, -0.1) is 0 Å². The molecular weight excluding hydrogens is 184 g/mol. The highest BCUT2D eigenvalue weighted by atomic mass is 16.6. The molecule has 2 fully saturated rings. The Morgan fingerprint density at radius 1 is 1.40 bits per heavy atom. The molecule has 1 heterocycles. The Hall–Kier alpha value is -0.560. The van der Waals surface area contributed by atoms with Crippen molar-refractivity contribution in [3.8, 4) is 0 Å². The summed E-state index contributed by atoms with van der Waals surface area (Å²) in [6.45, 7) is 2.34. The van der Waals surface area contributed by atoms with Gasteiger partial charge in [0, 0.05) is 0 Å². The van der Waals surface area contributed by atoms with E-state index in [9.17, 15) is 0 Å². The largest absolute Gasteiger partial charge is 0.370 e. The zero-order valence-electron chi connectivity index (χ0n) is 9.49. The van der Waals surface area contributed by atoms with Crippen LogP contribution in [0.5, 0.6) is 0 Å². The number of epoxide rings is 1. The van der Waals surface area contributed by atoms with Crippen molar-refractivity contribution in [1.82, 2.24) is 0 Å². The highest BCUT2D eigenvalue weighted by Crippen LogP contribution is 2.45. The van der Waals surface area contributed by atoms with Gasteiger partial charge in [-0.05, 0) is 43.9 Å². The fraction of sp³-hybridized carbons (Fsp3) is 0.714. The van der Waals surface area contributed by atoms with E-state index in [0.717, 1.165) is 11.8 Å². The first-order chi connectivity index (χ1) is 7.38. The topological polar surface area (TPSA) is 12.5 Å². The van der Waals surface area contributed by atoms with E-state index in [1.54, 1.807) is 5.57 Å². The number of ether oxygens (including phenoxy) is 1. The average molecular weight is 204 g/mol. The summed E-state index contributed by atoms with van der Waals surface area (Å²) in [7, 11) is 0. The lowest BCUT2D eigenvalue weighted by Gasteiger charge is -2.29. The predicted molar refractivity (Wildman–Crippen MR) is 61.6 cm³/mol. The summed E-state index contributed by atoms with van der Waals surface area (Å²) < 4.78 is 5.63. The maximum atomic E-state index is 5.63. The Labute approximate surface area is 92.2 Å². The van der Waals surface area contributed by atoms with Gasteiger partial charge in [0.05, 0.1) is 12.2 Å². The molecule has 4 atom stereocenters. The first-order valence-electron chi connectivity index (χ1n) is 6.39. The van der Waals surface area contributed by atoms with Crippen LogP contribution in [0.25, 0.3) is 0 Å². The van der Waals surface area contributed by atoms with Crippen molar-refractivity contribution in [3.63, 3.8) is 0 Å². The van der Waals surface area contributed by atoms with Crippen LogP contribution in [-0.2, 0) is 4.74 Å². The number of fused-ring (bicyclic) bond motifs is 1. The highest BCUT2D eigenvalue weighted by Gasteiger charge is 2.45. The molecule has 1 saturated carbocycles. The normalized spacial score (nSPS) is 39.8. The Morgan fingerprint density at radius 3 is 3.00 bits per heavy atom. The average Bonchev–Trinajstić information content (AvgIpc) is 2.84. The van der Waals surface area contributed by atoms with E-state index in [1.807, 2.05) is 0 Å². The molecule has 0 amide bonds. The molecule has 1 heteroatoms. The van der Waals surface area contributed by atoms with Crippen molar-refractivity contribution >= 4 is 0 Å². The highest BCUT2D eigenvalue weighted by molar-refractivity contribution is 5.25. The monoisotopic (exact) mass is 204 g/mol. The maximum Gasteiger partial charge on any atom is 0.0844 e. The van der Waals surface area contributed by atoms with Crippen LogP contribution in [0.15, 0.2) is 23.8 Å². The van der Waals surface area contributed by atoms with E-state index in [-0.39, 0.29) is 0 Å². The van der Waals surface area contributed by atoms with Gasteiger partial charge in [0.25, 0.3) is 0 Å². The molecule has 3 rings (SSSR count). The number of allylic oxidation sites excluding steroid dienone is 4. The Kier molecular flexibility index (Phi) is 2.44. The molecule has 15 heavy (non-hydrogen) atoms. The van der Waals surface area contributed by atoms with Crippen LogP contribution in [-0.4, -0.2) is 12.2 Å². The zero-order valence-corrected chi connectivity index (χ0v) is 9.49. The smallest absolute Gasteiger partial charge is 0.0844 e. The van der Waals surface area contributed by atoms with Crippen LogP contribution >= 0.6 is 0 Å². The quantitative estimate of drug-likeness (QED) is 0.641. The first-order valence-corrected chi connectivity index (χ1v) is 6.39. The molecule has 82 valence electrons. The van der Waals surface area contributed by atoms with Gasteiger partial charge in [-0.25, -0.2) is 0 Å². The Bertz CT molecular complexity index is 302. The molecule has 1 saturated heterocycles. The van der Waals surface area contributed by atoms with Gasteiger partial charge < -0.3 is 4.74 Å². The van der Waals surface area contributed by atoms with Crippen LogP contribution in [0, 0.1) is 11.8 Å². The van der Waals surface area contributed by atoms with E-state index in [0.29, 0.717) is 12.2 Å². The van der Waals surface area contributed by atoms with Crippen molar-refractivity contribution < 1.29 is 4.74 Å². The second kappa shape index (κ2) is 3.79. The van der Waals surface area contributed by atoms with Gasteiger partial charge in [-0.3, -0.25) is 0 Å². The minimum atomic E-state index is 0.632. The molecule has 0 aromatic heterocycles. The van der Waals surface area contributed by atoms with Gasteiger partial charge in [0.2, 0.25) is 0 Å². The fourth-order valence-corrected chi connectivity index (χ4v) is 3.44. The summed E-state index contributed by atoms with van der Waals surface area (Å²) in [6.07, 6.45) is 14.6. The molecule has 1 aliphatic heterocycles. The lowest BCUT2D eigenvalue weighted by atomic mass is 9.75. The molecule has 1 nitrogen and oxygen atoms in total. The standard InChI is InChI=1S/C14H20O/c1-2-12(10-5-3-4-6-10)11-7-8-13-14(9-11)15-13/h3-5,11-14H,2,6-9H2,1H3. The van der Waals surface area contributed by atoms with Crippen molar-refractivity contribution in [1.29, 1.82) is 0 Å². The van der Waals surface area contributed by atoms with E-state index in [1.165, 1.54) is 32.1 Å². The SMILES string of the molecule is CCC(C1=CC=CC1)C1CCC2OC2C1. The van der Waals surface area contributed by atoms with Gasteiger partial charge in [-0.2, -0.15) is 0 Å². The van der Waals surface area contributed by atoms with E-state index >= 15 is 0 Å². The second-order valence-corrected chi connectivity index (χ2v) is 5.17. The number of hydrogen-bond donors (Lipinski definition) is 0. The summed E-state index contributed by atoms with van der Waals surface area (Å²) in [5, 5.41) is 0. The molecule has 0 spiro atoms. The third-order valence-electron chi connectivity index (χ3n) is 4.33. The summed E-state index contributed by atoms with van der Waals surface area (Å²) in [6, 6.07) is 0. The van der Waals surface area contributed by atoms with Gasteiger partial charge >= 0.3 is 0 Å². The molecule has 4 unspecified atom stereocenters. The molecule has 0 aromatic rings. The Balaban J connectivity index is 1.67. The molecular formula is C14H20O. The van der Waals surface area contributed by atoms with Crippen LogP contribution < -0.4 is 0 Å². The lowest BCUT2D eigenvalue weighted by molar-refractivity contribution is 0.286. The predicted octanol–water partition coefficient (Wildman–Crippen LogP) is 3.47. The zero-order chi connectivity index (χ0) is 10.3. The van der Waals surface area contributed by atoms with E-state index < -0.39 is 0 Å². The lowest BCUT2D eigenvalue weighted by Crippen LogP contribution is -2.22. The van der Waals surface area contributed by atoms with Crippen LogP contribution in [0.2, 0.25) is 0 Å². The number of rotatable bonds is 3. The molecule has 3 aliphatic rings. The number of hydrogen-bond acceptors (Lipinski definition) is 1. The van der Waals surface area contributed by atoms with Crippen molar-refractivity contribution in [3.05, 3.63) is 23.8 Å². The molecule has 0 bridgehead atoms. The fourth-order valence-electron chi connectivity index (χ4n) is 3.44. The minimum absolute atomic E-state index is 0.632.